The molecule has 5 heteroatoms. The Bertz CT molecular complexity index is 356. The third-order valence-electron chi connectivity index (χ3n) is 2.79. The van der Waals surface area contributed by atoms with Crippen LogP contribution in [0.1, 0.15) is 43.3 Å². The van der Waals surface area contributed by atoms with Gasteiger partial charge in [-0.1, -0.05) is 6.42 Å². The Kier molecular flexibility index (Phi) is 3.56. The highest BCUT2D eigenvalue weighted by molar-refractivity contribution is 5.66. The first kappa shape index (κ1) is 11.1. The van der Waals surface area contributed by atoms with E-state index in [9.17, 15) is 4.79 Å². The molecule has 1 fully saturated rings. The van der Waals surface area contributed by atoms with Gasteiger partial charge in [-0.3, -0.25) is 4.79 Å². The summed E-state index contributed by atoms with van der Waals surface area (Å²) in [5, 5.41) is 11.9. The van der Waals surface area contributed by atoms with Gasteiger partial charge in [0.15, 0.2) is 5.89 Å². The first-order valence-electron chi connectivity index (χ1n) is 5.65. The molecule has 2 rings (SSSR count). The number of oxazole rings is 1. The summed E-state index contributed by atoms with van der Waals surface area (Å²) in [6.45, 7) is 1.02. The monoisotopic (exact) mass is 224 g/mol. The van der Waals surface area contributed by atoms with Gasteiger partial charge >= 0.3 is 5.97 Å². The van der Waals surface area contributed by atoms with Crippen molar-refractivity contribution in [1.29, 1.82) is 0 Å². The molecule has 0 radical (unpaired) electrons. The van der Waals surface area contributed by atoms with E-state index in [1.165, 1.54) is 12.8 Å². The standard InChI is InChI=1S/C11H16N2O3/c14-11(15)5-4-10-13-9(7-16-10)8-3-1-2-6-12-8/h7-8,12H,1-6H2,(H,14,15). The van der Waals surface area contributed by atoms with E-state index in [4.69, 9.17) is 9.52 Å². The molecule has 0 amide bonds. The predicted molar refractivity (Wildman–Crippen MR) is 57.1 cm³/mol. The SMILES string of the molecule is O=C(O)CCc1nc(C2CCCCN2)co1. The van der Waals surface area contributed by atoms with Gasteiger partial charge in [-0.2, -0.15) is 0 Å². The lowest BCUT2D eigenvalue weighted by Gasteiger charge is -2.20. The lowest BCUT2D eigenvalue weighted by atomic mass is 10.0. The summed E-state index contributed by atoms with van der Waals surface area (Å²) in [4.78, 5) is 14.7. The van der Waals surface area contributed by atoms with Crippen LogP contribution in [0.25, 0.3) is 0 Å². The van der Waals surface area contributed by atoms with E-state index >= 15 is 0 Å². The van der Waals surface area contributed by atoms with Gasteiger partial charge in [0.1, 0.15) is 6.26 Å². The zero-order valence-corrected chi connectivity index (χ0v) is 9.11. The summed E-state index contributed by atoms with van der Waals surface area (Å²) < 4.78 is 5.25. The number of rotatable bonds is 4. The average Bonchev–Trinajstić information content (AvgIpc) is 2.76. The Labute approximate surface area is 93.9 Å². The molecule has 5 nitrogen and oxygen atoms in total. The van der Waals surface area contributed by atoms with E-state index in [1.54, 1.807) is 6.26 Å². The molecule has 2 N–H and O–H groups in total. The van der Waals surface area contributed by atoms with Crippen LogP contribution in [0.15, 0.2) is 10.7 Å². The second-order valence-electron chi connectivity index (χ2n) is 4.06. The van der Waals surface area contributed by atoms with E-state index in [0.717, 1.165) is 18.7 Å². The number of aromatic nitrogens is 1. The highest BCUT2D eigenvalue weighted by atomic mass is 16.4. The largest absolute Gasteiger partial charge is 0.481 e. The Hall–Kier alpha value is -1.36. The number of carboxylic acid groups (broad SMARTS) is 1. The van der Waals surface area contributed by atoms with E-state index in [0.29, 0.717) is 12.3 Å². The van der Waals surface area contributed by atoms with Gasteiger partial charge < -0.3 is 14.8 Å². The first-order valence-corrected chi connectivity index (χ1v) is 5.65. The van der Waals surface area contributed by atoms with Gasteiger partial charge in [-0.25, -0.2) is 4.98 Å². The summed E-state index contributed by atoms with van der Waals surface area (Å²) in [5.41, 5.74) is 0.903. The van der Waals surface area contributed by atoms with Crippen molar-refractivity contribution in [2.24, 2.45) is 0 Å². The highest BCUT2D eigenvalue weighted by Gasteiger charge is 2.18. The van der Waals surface area contributed by atoms with E-state index in [-0.39, 0.29) is 12.5 Å². The van der Waals surface area contributed by atoms with Crippen LogP contribution in [0, 0.1) is 0 Å². The van der Waals surface area contributed by atoms with Crippen molar-refractivity contribution in [2.45, 2.75) is 38.1 Å². The van der Waals surface area contributed by atoms with Crippen molar-refractivity contribution < 1.29 is 14.3 Å². The van der Waals surface area contributed by atoms with Crippen molar-refractivity contribution >= 4 is 5.97 Å². The normalized spacial score (nSPS) is 20.9. The number of carboxylic acids is 1. The third kappa shape index (κ3) is 2.82. The summed E-state index contributed by atoms with van der Waals surface area (Å²) >= 11 is 0. The maximum absolute atomic E-state index is 10.4. The minimum absolute atomic E-state index is 0.0675. The van der Waals surface area contributed by atoms with Gasteiger partial charge in [0, 0.05) is 6.42 Å². The zero-order chi connectivity index (χ0) is 11.4. The number of carbonyl (C=O) groups is 1. The van der Waals surface area contributed by atoms with Crippen LogP contribution in [0.4, 0.5) is 0 Å². The van der Waals surface area contributed by atoms with Crippen LogP contribution in [0.3, 0.4) is 0 Å². The third-order valence-corrected chi connectivity index (χ3v) is 2.79. The van der Waals surface area contributed by atoms with E-state index in [1.807, 2.05) is 0 Å². The van der Waals surface area contributed by atoms with Crippen molar-refractivity contribution in [3.8, 4) is 0 Å². The fourth-order valence-electron chi connectivity index (χ4n) is 1.92. The first-order chi connectivity index (χ1) is 7.75. The molecule has 2 heterocycles. The topological polar surface area (TPSA) is 75.4 Å². The number of piperidine rings is 1. The second-order valence-corrected chi connectivity index (χ2v) is 4.06. The molecule has 0 spiro atoms. The molecule has 1 aromatic heterocycles. The lowest BCUT2D eigenvalue weighted by Crippen LogP contribution is -2.26. The van der Waals surface area contributed by atoms with E-state index in [2.05, 4.69) is 10.3 Å². The Balaban J connectivity index is 1.93. The molecule has 1 aliphatic heterocycles. The number of nitrogens with zero attached hydrogens (tertiary/aromatic N) is 1. The van der Waals surface area contributed by atoms with Crippen LogP contribution >= 0.6 is 0 Å². The molecular weight excluding hydrogens is 208 g/mol. The summed E-state index contributed by atoms with van der Waals surface area (Å²) in [5.74, 6) is -0.305. The maximum atomic E-state index is 10.4. The lowest BCUT2D eigenvalue weighted by molar-refractivity contribution is -0.137. The summed E-state index contributed by atoms with van der Waals surface area (Å²) in [6.07, 6.45) is 5.56. The molecule has 1 saturated heterocycles. The van der Waals surface area contributed by atoms with Crippen molar-refractivity contribution in [1.82, 2.24) is 10.3 Å². The van der Waals surface area contributed by atoms with Gasteiger partial charge in [-0.15, -0.1) is 0 Å². The van der Waals surface area contributed by atoms with Gasteiger partial charge in [0.05, 0.1) is 18.2 Å². The Morgan fingerprint density at radius 1 is 1.62 bits per heavy atom. The Morgan fingerprint density at radius 2 is 2.50 bits per heavy atom. The highest BCUT2D eigenvalue weighted by Crippen LogP contribution is 2.22. The molecule has 1 aliphatic rings. The maximum Gasteiger partial charge on any atom is 0.303 e. The van der Waals surface area contributed by atoms with Gasteiger partial charge in [-0.05, 0) is 19.4 Å². The number of hydrogen-bond acceptors (Lipinski definition) is 4. The zero-order valence-electron chi connectivity index (χ0n) is 9.11. The van der Waals surface area contributed by atoms with Gasteiger partial charge in [0.25, 0.3) is 0 Å². The number of hydrogen-bond donors (Lipinski definition) is 2. The van der Waals surface area contributed by atoms with Gasteiger partial charge in [0.2, 0.25) is 0 Å². The quantitative estimate of drug-likeness (QED) is 0.810. The molecule has 1 atom stereocenters. The van der Waals surface area contributed by atoms with Crippen molar-refractivity contribution in [3.63, 3.8) is 0 Å². The molecule has 1 aromatic rings. The average molecular weight is 224 g/mol. The molecule has 1 unspecified atom stereocenters. The molecule has 0 saturated carbocycles. The van der Waals surface area contributed by atoms with Crippen molar-refractivity contribution in [2.75, 3.05) is 6.54 Å². The minimum atomic E-state index is -0.824. The van der Waals surface area contributed by atoms with Crippen LogP contribution in [-0.2, 0) is 11.2 Å². The number of nitrogens with one attached hydrogen (secondary N) is 1. The predicted octanol–water partition coefficient (Wildman–Crippen LogP) is 1.51. The minimum Gasteiger partial charge on any atom is -0.481 e. The van der Waals surface area contributed by atoms with Crippen LogP contribution < -0.4 is 5.32 Å². The molecule has 16 heavy (non-hydrogen) atoms. The fraction of sp³-hybridized carbons (Fsp3) is 0.636. The second kappa shape index (κ2) is 5.12. The number of aliphatic carboxylic acids is 1. The van der Waals surface area contributed by atoms with Crippen molar-refractivity contribution in [3.05, 3.63) is 17.8 Å². The van der Waals surface area contributed by atoms with Crippen LogP contribution in [0.2, 0.25) is 0 Å². The smallest absolute Gasteiger partial charge is 0.303 e. The number of aryl methyl sites for hydroxylation is 1. The van der Waals surface area contributed by atoms with E-state index < -0.39 is 5.97 Å². The molecular formula is C11H16N2O3. The van der Waals surface area contributed by atoms with Crippen LogP contribution in [-0.4, -0.2) is 22.6 Å². The molecule has 88 valence electrons. The summed E-state index contributed by atoms with van der Waals surface area (Å²) in [6, 6.07) is 0.274. The summed E-state index contributed by atoms with van der Waals surface area (Å²) in [7, 11) is 0. The molecule has 0 bridgehead atoms. The molecule has 0 aromatic carbocycles. The van der Waals surface area contributed by atoms with Crippen LogP contribution in [0.5, 0.6) is 0 Å². The fourth-order valence-corrected chi connectivity index (χ4v) is 1.92. The molecule has 0 aliphatic carbocycles. The Morgan fingerprint density at radius 3 is 3.19 bits per heavy atom.